The lowest BCUT2D eigenvalue weighted by molar-refractivity contribution is 0.0750. The Hall–Kier alpha value is -0.0800. The molecule has 2 fully saturated rings. The monoisotopic (exact) mass is 266 g/mol. The topological polar surface area (TPSA) is 15.3 Å². The van der Waals surface area contributed by atoms with Gasteiger partial charge in [-0.2, -0.15) is 0 Å². The Bertz CT molecular complexity index is 240. The van der Waals surface area contributed by atoms with E-state index in [0.717, 1.165) is 6.04 Å². The maximum Gasteiger partial charge on any atom is 0.0362 e. The SMILES string of the molecule is CCCCCCC(NC)C1(N2CCCC2)CCCC1. The zero-order chi connectivity index (χ0) is 13.6. The molecule has 1 aliphatic carbocycles. The number of rotatable bonds is 8. The second-order valence-electron chi connectivity index (χ2n) is 6.70. The van der Waals surface area contributed by atoms with Crippen LogP contribution in [0.2, 0.25) is 0 Å². The number of hydrogen-bond acceptors (Lipinski definition) is 2. The molecule has 2 heteroatoms. The van der Waals surface area contributed by atoms with Gasteiger partial charge < -0.3 is 5.32 Å². The minimum atomic E-state index is 0.511. The molecule has 0 aromatic rings. The maximum absolute atomic E-state index is 3.70. The summed E-state index contributed by atoms with van der Waals surface area (Å²) in [5, 5.41) is 3.70. The van der Waals surface area contributed by atoms with Crippen LogP contribution in [0.15, 0.2) is 0 Å². The molecule has 0 aromatic heterocycles. The van der Waals surface area contributed by atoms with E-state index in [1.54, 1.807) is 0 Å². The third-order valence-electron chi connectivity index (χ3n) is 5.55. The van der Waals surface area contributed by atoms with Crippen LogP contribution in [0.1, 0.15) is 77.6 Å². The van der Waals surface area contributed by atoms with Gasteiger partial charge in [0.1, 0.15) is 0 Å². The molecule has 2 nitrogen and oxygen atoms in total. The molecule has 0 aromatic carbocycles. The van der Waals surface area contributed by atoms with Crippen molar-refractivity contribution < 1.29 is 0 Å². The highest BCUT2D eigenvalue weighted by molar-refractivity contribution is 5.04. The van der Waals surface area contributed by atoms with Crippen molar-refractivity contribution in [2.75, 3.05) is 20.1 Å². The third kappa shape index (κ3) is 3.52. The average molecular weight is 266 g/mol. The van der Waals surface area contributed by atoms with Gasteiger partial charge in [-0.15, -0.1) is 0 Å². The maximum atomic E-state index is 3.70. The predicted molar refractivity (Wildman–Crippen MR) is 83.6 cm³/mol. The van der Waals surface area contributed by atoms with Crippen LogP contribution in [0.25, 0.3) is 0 Å². The molecule has 2 aliphatic rings. The van der Waals surface area contributed by atoms with Gasteiger partial charge in [0.15, 0.2) is 0 Å². The fourth-order valence-electron chi connectivity index (χ4n) is 4.49. The summed E-state index contributed by atoms with van der Waals surface area (Å²) in [6.45, 7) is 5.01. The molecule has 0 spiro atoms. The van der Waals surface area contributed by atoms with E-state index in [1.807, 2.05) is 0 Å². The Morgan fingerprint density at radius 3 is 2.26 bits per heavy atom. The molecular weight excluding hydrogens is 232 g/mol. The molecule has 0 amide bonds. The number of nitrogens with zero attached hydrogens (tertiary/aromatic N) is 1. The van der Waals surface area contributed by atoms with Gasteiger partial charge in [0.05, 0.1) is 0 Å². The summed E-state index contributed by atoms with van der Waals surface area (Å²) in [6, 6.07) is 0.727. The molecule has 112 valence electrons. The van der Waals surface area contributed by atoms with Gasteiger partial charge in [-0.1, -0.05) is 45.4 Å². The Balaban J connectivity index is 1.94. The van der Waals surface area contributed by atoms with Crippen LogP contribution in [0, 0.1) is 0 Å². The summed E-state index contributed by atoms with van der Waals surface area (Å²) in [5.74, 6) is 0. The summed E-state index contributed by atoms with van der Waals surface area (Å²) in [5.41, 5.74) is 0.511. The van der Waals surface area contributed by atoms with Crippen LogP contribution in [0.3, 0.4) is 0 Å². The summed E-state index contributed by atoms with van der Waals surface area (Å²) >= 11 is 0. The van der Waals surface area contributed by atoms with Crippen molar-refractivity contribution in [1.29, 1.82) is 0 Å². The average Bonchev–Trinajstić information content (AvgIpc) is 3.10. The normalized spacial score (nSPS) is 24.9. The van der Waals surface area contributed by atoms with Crippen molar-refractivity contribution in [1.82, 2.24) is 10.2 Å². The molecule has 1 unspecified atom stereocenters. The van der Waals surface area contributed by atoms with Crippen molar-refractivity contribution in [3.8, 4) is 0 Å². The number of likely N-dealkylation sites (N-methyl/N-ethyl adjacent to an activating group) is 1. The van der Waals surface area contributed by atoms with Gasteiger partial charge >= 0.3 is 0 Å². The summed E-state index contributed by atoms with van der Waals surface area (Å²) < 4.78 is 0. The lowest BCUT2D eigenvalue weighted by Gasteiger charge is -2.45. The fourth-order valence-corrected chi connectivity index (χ4v) is 4.49. The summed E-state index contributed by atoms with van der Waals surface area (Å²) in [7, 11) is 2.20. The summed E-state index contributed by atoms with van der Waals surface area (Å²) in [4.78, 5) is 2.85. The van der Waals surface area contributed by atoms with Crippen molar-refractivity contribution >= 4 is 0 Å². The lowest BCUT2D eigenvalue weighted by Crippen LogP contribution is -2.58. The van der Waals surface area contributed by atoms with E-state index in [-0.39, 0.29) is 0 Å². The molecule has 0 radical (unpaired) electrons. The molecule has 1 saturated heterocycles. The van der Waals surface area contributed by atoms with E-state index >= 15 is 0 Å². The Morgan fingerprint density at radius 2 is 1.68 bits per heavy atom. The molecule has 19 heavy (non-hydrogen) atoms. The van der Waals surface area contributed by atoms with Crippen LogP contribution in [0.4, 0.5) is 0 Å². The number of nitrogens with one attached hydrogen (secondary N) is 1. The van der Waals surface area contributed by atoms with Gasteiger partial charge in [0.2, 0.25) is 0 Å². The molecule has 1 N–H and O–H groups in total. The highest BCUT2D eigenvalue weighted by atomic mass is 15.2. The van der Waals surface area contributed by atoms with E-state index in [1.165, 1.54) is 83.7 Å². The van der Waals surface area contributed by atoms with Gasteiger partial charge in [-0.25, -0.2) is 0 Å². The zero-order valence-electron chi connectivity index (χ0n) is 13.2. The van der Waals surface area contributed by atoms with Gasteiger partial charge in [0.25, 0.3) is 0 Å². The Kier molecular flexibility index (Phi) is 6.15. The first-order valence-electron chi connectivity index (χ1n) is 8.76. The van der Waals surface area contributed by atoms with Crippen LogP contribution >= 0.6 is 0 Å². The molecule has 1 saturated carbocycles. The van der Waals surface area contributed by atoms with E-state index in [9.17, 15) is 0 Å². The lowest BCUT2D eigenvalue weighted by atomic mass is 9.83. The first-order valence-corrected chi connectivity index (χ1v) is 8.76. The molecule has 1 atom stereocenters. The second-order valence-corrected chi connectivity index (χ2v) is 6.70. The smallest absolute Gasteiger partial charge is 0.0362 e. The third-order valence-corrected chi connectivity index (χ3v) is 5.55. The van der Waals surface area contributed by atoms with Crippen LogP contribution in [-0.4, -0.2) is 36.6 Å². The van der Waals surface area contributed by atoms with Gasteiger partial charge in [-0.05, 0) is 52.2 Å². The van der Waals surface area contributed by atoms with Crippen molar-refractivity contribution in [2.45, 2.75) is 89.1 Å². The minimum absolute atomic E-state index is 0.511. The van der Waals surface area contributed by atoms with Crippen LogP contribution in [-0.2, 0) is 0 Å². The van der Waals surface area contributed by atoms with Crippen molar-refractivity contribution in [2.24, 2.45) is 0 Å². The zero-order valence-corrected chi connectivity index (χ0v) is 13.2. The fraction of sp³-hybridized carbons (Fsp3) is 1.00. The molecular formula is C17H34N2. The highest BCUT2D eigenvalue weighted by Crippen LogP contribution is 2.41. The molecule has 1 heterocycles. The molecule has 0 bridgehead atoms. The van der Waals surface area contributed by atoms with E-state index in [4.69, 9.17) is 0 Å². The summed E-state index contributed by atoms with van der Waals surface area (Å²) in [6.07, 6.45) is 15.6. The first kappa shape index (κ1) is 15.3. The second kappa shape index (κ2) is 7.64. The van der Waals surface area contributed by atoms with E-state index < -0.39 is 0 Å². The van der Waals surface area contributed by atoms with E-state index in [2.05, 4.69) is 24.2 Å². The van der Waals surface area contributed by atoms with Gasteiger partial charge in [0, 0.05) is 11.6 Å². The van der Waals surface area contributed by atoms with Gasteiger partial charge in [-0.3, -0.25) is 4.90 Å². The van der Waals surface area contributed by atoms with Crippen molar-refractivity contribution in [3.05, 3.63) is 0 Å². The number of likely N-dealkylation sites (tertiary alicyclic amines) is 1. The standard InChI is InChI=1S/C17H34N2/c1-3-4-5-6-11-16(18-2)17(12-7-8-13-17)19-14-9-10-15-19/h16,18H,3-15H2,1-2H3. The molecule has 1 aliphatic heterocycles. The van der Waals surface area contributed by atoms with Crippen LogP contribution in [0.5, 0.6) is 0 Å². The Labute approximate surface area is 120 Å². The van der Waals surface area contributed by atoms with E-state index in [0.29, 0.717) is 5.54 Å². The largest absolute Gasteiger partial charge is 0.315 e. The first-order chi connectivity index (χ1) is 9.33. The number of hydrogen-bond donors (Lipinski definition) is 1. The Morgan fingerprint density at radius 1 is 1.00 bits per heavy atom. The van der Waals surface area contributed by atoms with Crippen molar-refractivity contribution in [3.63, 3.8) is 0 Å². The van der Waals surface area contributed by atoms with Crippen LogP contribution < -0.4 is 5.32 Å². The predicted octanol–water partition coefficient (Wildman–Crippen LogP) is 3.95. The molecule has 2 rings (SSSR count). The quantitative estimate of drug-likeness (QED) is 0.669. The minimum Gasteiger partial charge on any atom is -0.315 e. The number of unbranched alkanes of at least 4 members (excludes halogenated alkanes) is 3. The highest BCUT2D eigenvalue weighted by Gasteiger charge is 2.45.